The molecule has 240 valence electrons. The van der Waals surface area contributed by atoms with Crippen LogP contribution in [0.15, 0.2) is 48.9 Å². The minimum Gasteiger partial charge on any atom is -0.493 e. The van der Waals surface area contributed by atoms with E-state index in [1.54, 1.807) is 13.3 Å². The van der Waals surface area contributed by atoms with Crippen LogP contribution in [0, 0.1) is 18.3 Å². The molecule has 2 aromatic carbocycles. The second-order valence-corrected chi connectivity index (χ2v) is 11.6. The second kappa shape index (κ2) is 15.4. The highest BCUT2D eigenvalue weighted by Crippen LogP contribution is 2.35. The molecule has 1 atom stereocenters. The molecule has 4 aromatic rings. The van der Waals surface area contributed by atoms with E-state index in [4.69, 9.17) is 15.9 Å². The van der Waals surface area contributed by atoms with Crippen molar-refractivity contribution in [2.75, 3.05) is 32.6 Å². The number of amides is 1. The maximum Gasteiger partial charge on any atom is 0.226 e. The predicted octanol–water partition coefficient (Wildman–Crippen LogP) is 5.31. The summed E-state index contributed by atoms with van der Waals surface area (Å²) >= 11 is 0. The standard InChI is InChI=1S/C35H41N7O4/c1-5-23-11-10-12-25(15-23)39-33-28-16-32(31(45-4)17-30(28)37-22-38-33)46-21-26-18-36-34(40-26)29(14-9-7-8-13-27(43)6-2)41-35(44)24-19-42(3)20-24/h1,10-12,15-18,22,24,29H,6-9,13-14,19-21H2,2-4H3,(H,36,40)(H,41,44)(H,37,38,39)/t29-/m0/s1. The first-order valence-corrected chi connectivity index (χ1v) is 15.7. The average molecular weight is 624 g/mol. The molecule has 0 radical (unpaired) electrons. The monoisotopic (exact) mass is 623 g/mol. The highest BCUT2D eigenvalue weighted by molar-refractivity contribution is 5.93. The quantitative estimate of drug-likeness (QED) is 0.112. The highest BCUT2D eigenvalue weighted by atomic mass is 16.5. The number of hydrogen-bond acceptors (Lipinski definition) is 9. The van der Waals surface area contributed by atoms with E-state index in [9.17, 15) is 9.59 Å². The number of hydrogen-bond donors (Lipinski definition) is 3. The third-order valence-corrected chi connectivity index (χ3v) is 8.17. The third kappa shape index (κ3) is 8.20. The summed E-state index contributed by atoms with van der Waals surface area (Å²) < 4.78 is 11.9. The van der Waals surface area contributed by atoms with Gasteiger partial charge in [0.2, 0.25) is 5.91 Å². The van der Waals surface area contributed by atoms with Gasteiger partial charge >= 0.3 is 0 Å². The fraction of sp³-hybridized carbons (Fsp3) is 0.400. The first-order chi connectivity index (χ1) is 22.4. The van der Waals surface area contributed by atoms with Gasteiger partial charge in [-0.1, -0.05) is 31.8 Å². The van der Waals surface area contributed by atoms with Gasteiger partial charge in [0, 0.05) is 48.6 Å². The molecule has 3 N–H and O–H groups in total. The zero-order valence-electron chi connectivity index (χ0n) is 26.6. The molecule has 1 fully saturated rings. The summed E-state index contributed by atoms with van der Waals surface area (Å²) in [6.45, 7) is 3.60. The van der Waals surface area contributed by atoms with E-state index in [0.29, 0.717) is 41.5 Å². The Bertz CT molecular complexity index is 1710. The predicted molar refractivity (Wildman–Crippen MR) is 177 cm³/mol. The molecule has 11 nitrogen and oxygen atoms in total. The number of imidazole rings is 1. The molecule has 11 heteroatoms. The molecule has 3 heterocycles. The van der Waals surface area contributed by atoms with Gasteiger partial charge in [-0.2, -0.15) is 0 Å². The molecule has 0 bridgehead atoms. The normalized spacial score (nSPS) is 13.9. The van der Waals surface area contributed by atoms with E-state index in [1.165, 1.54) is 6.33 Å². The molecule has 1 aliphatic heterocycles. The lowest BCUT2D eigenvalue weighted by atomic mass is 9.98. The largest absolute Gasteiger partial charge is 0.493 e. The van der Waals surface area contributed by atoms with Crippen molar-refractivity contribution >= 4 is 34.1 Å². The number of methoxy groups -OCH3 is 1. The van der Waals surface area contributed by atoms with Gasteiger partial charge in [0.15, 0.2) is 11.5 Å². The van der Waals surface area contributed by atoms with Gasteiger partial charge in [-0.25, -0.2) is 15.0 Å². The molecular formula is C35H41N7O4. The first kappa shape index (κ1) is 32.4. The molecule has 1 saturated heterocycles. The van der Waals surface area contributed by atoms with Crippen LogP contribution in [0.25, 0.3) is 10.9 Å². The fourth-order valence-corrected chi connectivity index (χ4v) is 5.50. The summed E-state index contributed by atoms with van der Waals surface area (Å²) in [4.78, 5) is 43.6. The van der Waals surface area contributed by atoms with Crippen LogP contribution in [-0.2, 0) is 16.2 Å². The van der Waals surface area contributed by atoms with Crippen LogP contribution in [-0.4, -0.2) is 63.8 Å². The fourth-order valence-electron chi connectivity index (χ4n) is 5.50. The molecule has 5 rings (SSSR count). The molecule has 2 aromatic heterocycles. The number of rotatable bonds is 16. The molecule has 0 saturated carbocycles. The summed E-state index contributed by atoms with van der Waals surface area (Å²) in [6, 6.07) is 10.9. The summed E-state index contributed by atoms with van der Waals surface area (Å²) in [7, 11) is 3.59. The number of ether oxygens (including phenoxy) is 2. The van der Waals surface area contributed by atoms with Crippen LogP contribution in [0.3, 0.4) is 0 Å². The van der Waals surface area contributed by atoms with Crippen molar-refractivity contribution in [2.24, 2.45) is 5.92 Å². The van der Waals surface area contributed by atoms with Crippen LogP contribution in [0.4, 0.5) is 11.5 Å². The van der Waals surface area contributed by atoms with Crippen molar-refractivity contribution in [3.63, 3.8) is 0 Å². The Morgan fingerprint density at radius 1 is 1.13 bits per heavy atom. The van der Waals surface area contributed by atoms with Gasteiger partial charge in [-0.15, -0.1) is 6.42 Å². The Kier molecular flexibility index (Phi) is 10.8. The van der Waals surface area contributed by atoms with Crippen LogP contribution in [0.1, 0.15) is 68.6 Å². The van der Waals surface area contributed by atoms with E-state index in [1.807, 2.05) is 50.4 Å². The number of fused-ring (bicyclic) bond motifs is 1. The van der Waals surface area contributed by atoms with Crippen molar-refractivity contribution < 1.29 is 19.1 Å². The molecule has 46 heavy (non-hydrogen) atoms. The van der Waals surface area contributed by atoms with Gasteiger partial charge < -0.3 is 30.0 Å². The zero-order chi connectivity index (χ0) is 32.5. The van der Waals surface area contributed by atoms with Crippen LogP contribution < -0.4 is 20.1 Å². The lowest BCUT2D eigenvalue weighted by molar-refractivity contribution is -0.130. The minimum absolute atomic E-state index is 0.0163. The zero-order valence-corrected chi connectivity index (χ0v) is 26.6. The van der Waals surface area contributed by atoms with Crippen LogP contribution in [0.2, 0.25) is 0 Å². The smallest absolute Gasteiger partial charge is 0.226 e. The Balaban J connectivity index is 1.29. The van der Waals surface area contributed by atoms with E-state index in [0.717, 1.165) is 61.1 Å². The number of anilines is 2. The number of carbonyl (C=O) groups excluding carboxylic acids is 2. The number of H-pyrrole nitrogens is 1. The van der Waals surface area contributed by atoms with Gasteiger partial charge in [-0.05, 0) is 44.2 Å². The lowest BCUT2D eigenvalue weighted by Crippen LogP contribution is -2.52. The number of nitrogens with zero attached hydrogens (tertiary/aromatic N) is 4. The number of unbranched alkanes of at least 4 members (excludes halogenated alkanes) is 2. The number of carbonyl (C=O) groups is 2. The van der Waals surface area contributed by atoms with Crippen molar-refractivity contribution in [2.45, 2.75) is 58.1 Å². The maximum absolute atomic E-state index is 13.0. The van der Waals surface area contributed by atoms with E-state index in [-0.39, 0.29) is 30.3 Å². The van der Waals surface area contributed by atoms with Crippen LogP contribution in [0.5, 0.6) is 11.5 Å². The molecular weight excluding hydrogens is 582 g/mol. The SMILES string of the molecule is C#Cc1cccc(Nc2ncnc3cc(OC)c(OCc4cnc([C@H](CCCCCC(=O)CC)NC(=O)C5CN(C)C5)[nH]4)cc23)c1. The van der Waals surface area contributed by atoms with Crippen molar-refractivity contribution in [1.29, 1.82) is 0 Å². The Labute approximate surface area is 269 Å². The number of likely N-dealkylation sites (tertiary alicyclic amines) is 1. The Morgan fingerprint density at radius 2 is 1.98 bits per heavy atom. The van der Waals surface area contributed by atoms with Crippen molar-refractivity contribution in [3.8, 4) is 23.8 Å². The maximum atomic E-state index is 13.0. The second-order valence-electron chi connectivity index (χ2n) is 11.6. The number of nitrogens with one attached hydrogen (secondary N) is 3. The van der Waals surface area contributed by atoms with Gasteiger partial charge in [0.1, 0.15) is 30.4 Å². The summed E-state index contributed by atoms with van der Waals surface area (Å²) in [5, 5.41) is 7.29. The minimum atomic E-state index is -0.261. The lowest BCUT2D eigenvalue weighted by Gasteiger charge is -2.35. The van der Waals surface area contributed by atoms with E-state index < -0.39 is 0 Å². The number of aromatic amines is 1. The third-order valence-electron chi connectivity index (χ3n) is 8.17. The summed E-state index contributed by atoms with van der Waals surface area (Å²) in [5.74, 6) is 5.29. The average Bonchev–Trinajstić information content (AvgIpc) is 3.53. The molecule has 0 unspecified atom stereocenters. The van der Waals surface area contributed by atoms with Crippen molar-refractivity contribution in [1.82, 2.24) is 30.2 Å². The van der Waals surface area contributed by atoms with E-state index >= 15 is 0 Å². The molecule has 0 spiro atoms. The Hall–Kier alpha value is -4.95. The van der Waals surface area contributed by atoms with Gasteiger partial charge in [-0.3, -0.25) is 9.59 Å². The number of aromatic nitrogens is 4. The first-order valence-electron chi connectivity index (χ1n) is 15.7. The summed E-state index contributed by atoms with van der Waals surface area (Å²) in [5.41, 5.74) is 3.00. The van der Waals surface area contributed by atoms with Crippen molar-refractivity contribution in [3.05, 3.63) is 66.0 Å². The molecule has 1 amide bonds. The Morgan fingerprint density at radius 3 is 2.74 bits per heavy atom. The molecule has 1 aliphatic rings. The van der Waals surface area contributed by atoms with Crippen LogP contribution >= 0.6 is 0 Å². The summed E-state index contributed by atoms with van der Waals surface area (Å²) in [6.07, 6.45) is 13.3. The topological polar surface area (TPSA) is 134 Å². The molecule has 0 aliphatic carbocycles. The number of terminal acetylenes is 1. The number of ketones is 1. The van der Waals surface area contributed by atoms with E-state index in [2.05, 4.69) is 41.4 Å². The number of Topliss-reactive ketones (excluding diaryl/α,β-unsaturated/α-hetero) is 1. The highest BCUT2D eigenvalue weighted by Gasteiger charge is 2.31. The van der Waals surface area contributed by atoms with Gasteiger partial charge in [0.05, 0.1) is 36.5 Å². The van der Waals surface area contributed by atoms with Gasteiger partial charge in [0.25, 0.3) is 0 Å². The number of benzene rings is 2.